The molecule has 0 saturated carbocycles. The van der Waals surface area contributed by atoms with Gasteiger partial charge in [-0.25, -0.2) is 13.4 Å². The second-order valence-corrected chi connectivity index (χ2v) is 7.04. The van der Waals surface area contributed by atoms with Crippen molar-refractivity contribution in [3.8, 4) is 0 Å². The van der Waals surface area contributed by atoms with E-state index in [0.717, 1.165) is 19.3 Å². The maximum absolute atomic E-state index is 12.3. The molecule has 0 aliphatic carbocycles. The van der Waals surface area contributed by atoms with Gasteiger partial charge in [-0.2, -0.15) is 0 Å². The summed E-state index contributed by atoms with van der Waals surface area (Å²) >= 11 is 0. The number of hydrogen-bond acceptors (Lipinski definition) is 5. The summed E-state index contributed by atoms with van der Waals surface area (Å²) in [5.74, 6) is -0.0255. The Hall–Kier alpha value is -1.60. The molecule has 0 spiro atoms. The molecule has 20 heavy (non-hydrogen) atoms. The minimum absolute atomic E-state index is 0.00715. The lowest BCUT2D eigenvalue weighted by atomic mass is 10.1. The Balaban J connectivity index is 1.88. The molecule has 7 heteroatoms. The van der Waals surface area contributed by atoms with Crippen molar-refractivity contribution in [2.45, 2.75) is 30.5 Å². The van der Waals surface area contributed by atoms with Crippen LogP contribution in [0.4, 0.5) is 5.69 Å². The molecule has 2 heterocycles. The van der Waals surface area contributed by atoms with Gasteiger partial charge in [0, 0.05) is 12.3 Å². The monoisotopic (exact) mass is 295 g/mol. The number of nitrogens with two attached hydrogens (primary N) is 1. The zero-order valence-corrected chi connectivity index (χ0v) is 11.8. The molecule has 1 aliphatic heterocycles. The van der Waals surface area contributed by atoms with Crippen LogP contribution in [0.1, 0.15) is 19.3 Å². The summed E-state index contributed by atoms with van der Waals surface area (Å²) < 4.78 is 30.2. The summed E-state index contributed by atoms with van der Waals surface area (Å²) in [7, 11) is -3.47. The van der Waals surface area contributed by atoms with Crippen molar-refractivity contribution < 1.29 is 13.2 Å². The zero-order valence-electron chi connectivity index (χ0n) is 11.0. The van der Waals surface area contributed by atoms with E-state index >= 15 is 0 Å². The smallest absolute Gasteiger partial charge is 0.226 e. The lowest BCUT2D eigenvalue weighted by Crippen LogP contribution is -2.28. The molecule has 0 radical (unpaired) electrons. The summed E-state index contributed by atoms with van der Waals surface area (Å²) in [5.41, 5.74) is 7.48. The van der Waals surface area contributed by atoms with E-state index < -0.39 is 9.84 Å². The molecule has 1 fully saturated rings. The minimum atomic E-state index is -3.47. The van der Waals surface area contributed by atoms with Crippen LogP contribution in [0.25, 0.3) is 11.0 Å². The van der Waals surface area contributed by atoms with Crippen molar-refractivity contribution in [2.75, 3.05) is 18.1 Å². The maximum atomic E-state index is 12.3. The van der Waals surface area contributed by atoms with E-state index in [0.29, 0.717) is 23.3 Å². The number of nitrogens with one attached hydrogen (secondary N) is 1. The van der Waals surface area contributed by atoms with E-state index in [9.17, 15) is 8.42 Å². The molecule has 1 aromatic carbocycles. The van der Waals surface area contributed by atoms with Gasteiger partial charge in [-0.05, 0) is 37.5 Å². The third-order valence-corrected chi connectivity index (χ3v) is 5.05. The van der Waals surface area contributed by atoms with Gasteiger partial charge in [0.2, 0.25) is 15.0 Å². The Kier molecular flexibility index (Phi) is 3.39. The number of H-pyrrole nitrogens is 1. The second-order valence-electron chi connectivity index (χ2n) is 5.09. The molecule has 2 aromatic rings. The highest BCUT2D eigenvalue weighted by Crippen LogP contribution is 2.21. The van der Waals surface area contributed by atoms with Gasteiger partial charge in [0.1, 0.15) is 0 Å². The minimum Gasteiger partial charge on any atom is -0.399 e. The summed E-state index contributed by atoms with van der Waals surface area (Å²) in [6, 6.07) is 5.08. The van der Waals surface area contributed by atoms with Crippen LogP contribution in [0, 0.1) is 0 Å². The van der Waals surface area contributed by atoms with E-state index in [2.05, 4.69) is 9.97 Å². The summed E-state index contributed by atoms with van der Waals surface area (Å²) in [6.45, 7) is 0.636. The number of rotatable bonds is 3. The molecule has 3 rings (SSSR count). The van der Waals surface area contributed by atoms with Crippen LogP contribution in [-0.4, -0.2) is 36.8 Å². The number of fused-ring (bicyclic) bond motifs is 1. The van der Waals surface area contributed by atoms with Crippen LogP contribution in [0.15, 0.2) is 23.4 Å². The number of imidazole rings is 1. The van der Waals surface area contributed by atoms with Crippen molar-refractivity contribution in [1.29, 1.82) is 0 Å². The van der Waals surface area contributed by atoms with Crippen LogP contribution in [-0.2, 0) is 14.6 Å². The molecule has 108 valence electrons. The number of hydrogen-bond donors (Lipinski definition) is 2. The van der Waals surface area contributed by atoms with Crippen molar-refractivity contribution in [3.05, 3.63) is 18.2 Å². The number of aromatic amines is 1. The number of ether oxygens (including phenoxy) is 1. The average molecular weight is 295 g/mol. The number of sulfone groups is 1. The molecule has 1 atom stereocenters. The van der Waals surface area contributed by atoms with Gasteiger partial charge >= 0.3 is 0 Å². The van der Waals surface area contributed by atoms with Gasteiger partial charge in [0.05, 0.1) is 22.9 Å². The molecule has 1 saturated heterocycles. The predicted molar refractivity (Wildman–Crippen MR) is 76.1 cm³/mol. The van der Waals surface area contributed by atoms with E-state index in [-0.39, 0.29) is 17.0 Å². The zero-order chi connectivity index (χ0) is 14.2. The van der Waals surface area contributed by atoms with E-state index in [1.807, 2.05) is 0 Å². The Labute approximate surface area is 117 Å². The first-order valence-electron chi connectivity index (χ1n) is 6.64. The van der Waals surface area contributed by atoms with Gasteiger partial charge in [0.15, 0.2) is 0 Å². The highest BCUT2D eigenvalue weighted by Gasteiger charge is 2.26. The quantitative estimate of drug-likeness (QED) is 0.836. The number of anilines is 1. The van der Waals surface area contributed by atoms with Crippen molar-refractivity contribution in [2.24, 2.45) is 0 Å². The van der Waals surface area contributed by atoms with Crippen LogP contribution < -0.4 is 5.73 Å². The maximum Gasteiger partial charge on any atom is 0.226 e. The fourth-order valence-corrected chi connectivity index (χ4v) is 3.83. The van der Waals surface area contributed by atoms with E-state index in [4.69, 9.17) is 10.5 Å². The van der Waals surface area contributed by atoms with Crippen molar-refractivity contribution in [3.63, 3.8) is 0 Å². The second kappa shape index (κ2) is 5.06. The van der Waals surface area contributed by atoms with Crippen LogP contribution in [0.2, 0.25) is 0 Å². The van der Waals surface area contributed by atoms with E-state index in [1.54, 1.807) is 18.2 Å². The molecule has 0 bridgehead atoms. The molecule has 0 amide bonds. The van der Waals surface area contributed by atoms with Gasteiger partial charge in [-0.15, -0.1) is 0 Å². The van der Waals surface area contributed by atoms with E-state index in [1.165, 1.54) is 0 Å². The number of benzene rings is 1. The lowest BCUT2D eigenvalue weighted by molar-refractivity contribution is 0.0304. The number of aromatic nitrogens is 2. The van der Waals surface area contributed by atoms with Gasteiger partial charge in [-0.1, -0.05) is 0 Å². The Morgan fingerprint density at radius 3 is 3.00 bits per heavy atom. The van der Waals surface area contributed by atoms with Crippen molar-refractivity contribution >= 4 is 26.6 Å². The summed E-state index contributed by atoms with van der Waals surface area (Å²) in [6.07, 6.45) is 2.57. The Morgan fingerprint density at radius 2 is 2.25 bits per heavy atom. The summed E-state index contributed by atoms with van der Waals surface area (Å²) in [5, 5.41) is -0.00715. The van der Waals surface area contributed by atoms with Crippen LogP contribution >= 0.6 is 0 Å². The lowest BCUT2D eigenvalue weighted by Gasteiger charge is -2.21. The topological polar surface area (TPSA) is 98.1 Å². The molecule has 1 unspecified atom stereocenters. The molecule has 1 aliphatic rings. The predicted octanol–water partition coefficient (Wildman–Crippen LogP) is 1.49. The van der Waals surface area contributed by atoms with Gasteiger partial charge in [0.25, 0.3) is 0 Å². The van der Waals surface area contributed by atoms with Crippen LogP contribution in [0.3, 0.4) is 0 Å². The first-order chi connectivity index (χ1) is 9.54. The fourth-order valence-electron chi connectivity index (χ4n) is 2.41. The van der Waals surface area contributed by atoms with Crippen molar-refractivity contribution in [1.82, 2.24) is 9.97 Å². The first kappa shape index (κ1) is 13.4. The average Bonchev–Trinajstić information content (AvgIpc) is 2.83. The largest absolute Gasteiger partial charge is 0.399 e. The highest BCUT2D eigenvalue weighted by molar-refractivity contribution is 7.91. The van der Waals surface area contributed by atoms with Gasteiger partial charge < -0.3 is 15.5 Å². The molecule has 3 N–H and O–H groups in total. The fraction of sp³-hybridized carbons (Fsp3) is 0.462. The third-order valence-electron chi connectivity index (χ3n) is 3.46. The summed E-state index contributed by atoms with van der Waals surface area (Å²) in [4.78, 5) is 6.97. The van der Waals surface area contributed by atoms with Crippen LogP contribution in [0.5, 0.6) is 0 Å². The first-order valence-corrected chi connectivity index (χ1v) is 8.29. The molecule has 6 nitrogen and oxygen atoms in total. The number of nitrogens with zero attached hydrogens (tertiary/aromatic N) is 1. The number of nitrogen functional groups attached to an aromatic ring is 1. The Bertz CT molecular complexity index is 718. The third kappa shape index (κ3) is 2.64. The standard InChI is InChI=1S/C13H17N3O3S/c14-9-4-5-11-12(7-9)16-13(15-11)20(17,18)8-10-3-1-2-6-19-10/h4-5,7,10H,1-3,6,8,14H2,(H,15,16). The van der Waals surface area contributed by atoms with Gasteiger partial charge in [-0.3, -0.25) is 0 Å². The Morgan fingerprint density at radius 1 is 1.40 bits per heavy atom. The molecular formula is C13H17N3O3S. The molecular weight excluding hydrogens is 278 g/mol. The molecule has 1 aromatic heterocycles. The highest BCUT2D eigenvalue weighted by atomic mass is 32.2. The SMILES string of the molecule is Nc1ccc2nc(S(=O)(=O)CC3CCCCO3)[nH]c2c1. The normalized spacial score (nSPS) is 20.3.